The van der Waals surface area contributed by atoms with Gasteiger partial charge >= 0.3 is 5.97 Å². The van der Waals surface area contributed by atoms with Gasteiger partial charge in [0, 0.05) is 6.08 Å². The molecule has 70 valence electrons. The lowest BCUT2D eigenvalue weighted by Crippen LogP contribution is -2.04. The molecule has 0 aromatic heterocycles. The number of Topliss-reactive ketones (excluding diaryl/α,β-unsaturated/α-hetero) is 1. The maximum Gasteiger partial charge on any atom is 0.330 e. The zero-order valence-electron chi connectivity index (χ0n) is 7.37. The first kappa shape index (κ1) is 13.4. The fourth-order valence-electron chi connectivity index (χ4n) is 0.205. The minimum Gasteiger partial charge on any atom is -0.460 e. The molecule has 0 radical (unpaired) electrons. The van der Waals surface area contributed by atoms with Crippen molar-refractivity contribution >= 4 is 11.8 Å². The molecule has 0 unspecified atom stereocenters. The first-order valence-electron chi connectivity index (χ1n) is 3.41. The number of carbonyl (C=O) groups excluding carboxylic acids is 2. The smallest absolute Gasteiger partial charge is 0.330 e. The summed E-state index contributed by atoms with van der Waals surface area (Å²) in [5.41, 5.74) is 0. The van der Waals surface area contributed by atoms with Crippen molar-refractivity contribution in [1.82, 2.24) is 0 Å². The third kappa shape index (κ3) is 23.2. The van der Waals surface area contributed by atoms with Gasteiger partial charge in [0.15, 0.2) is 0 Å². The van der Waals surface area contributed by atoms with Crippen LogP contribution in [-0.2, 0) is 14.3 Å². The van der Waals surface area contributed by atoms with Crippen LogP contribution < -0.4 is 0 Å². The number of rotatable bonds is 3. The van der Waals surface area contributed by atoms with E-state index in [1.165, 1.54) is 13.8 Å². The Morgan fingerprint density at radius 2 is 1.92 bits per heavy atom. The Morgan fingerprint density at radius 1 is 1.50 bits per heavy atom. The number of carbonyl (C=O) groups is 2. The Kier molecular flexibility index (Phi) is 11.0. The molecule has 0 aliphatic heterocycles. The van der Waals surface area contributed by atoms with Gasteiger partial charge in [0.2, 0.25) is 0 Å². The molecule has 1 N–H and O–H groups in total. The van der Waals surface area contributed by atoms with Crippen molar-refractivity contribution in [3.63, 3.8) is 0 Å². The molecule has 0 aromatic carbocycles. The van der Waals surface area contributed by atoms with Crippen LogP contribution in [0, 0.1) is 0 Å². The van der Waals surface area contributed by atoms with Crippen LogP contribution in [0.25, 0.3) is 0 Å². The van der Waals surface area contributed by atoms with Gasteiger partial charge in [0.1, 0.15) is 12.4 Å². The highest BCUT2D eigenvalue weighted by Crippen LogP contribution is 1.75. The fraction of sp³-hybridized carbons (Fsp3) is 0.500. The van der Waals surface area contributed by atoms with E-state index in [4.69, 9.17) is 5.11 Å². The molecule has 0 fully saturated rings. The van der Waals surface area contributed by atoms with Crippen LogP contribution in [0.3, 0.4) is 0 Å². The lowest BCUT2D eigenvalue weighted by molar-refractivity contribution is -0.138. The second kappa shape index (κ2) is 9.84. The molecule has 12 heavy (non-hydrogen) atoms. The molecule has 4 nitrogen and oxygen atoms in total. The maximum atomic E-state index is 10.1. The van der Waals surface area contributed by atoms with Crippen LogP contribution in [0.2, 0.25) is 0 Å². The number of hydrogen-bond donors (Lipinski definition) is 1. The molecular formula is C8H14O4. The topological polar surface area (TPSA) is 63.6 Å². The van der Waals surface area contributed by atoms with Crippen LogP contribution in [0.5, 0.6) is 0 Å². The van der Waals surface area contributed by atoms with Crippen LogP contribution in [0.4, 0.5) is 0 Å². The molecule has 0 saturated carbocycles. The average molecular weight is 174 g/mol. The molecule has 0 rings (SSSR count). The van der Waals surface area contributed by atoms with Gasteiger partial charge in [0.05, 0.1) is 6.61 Å². The molecule has 0 spiro atoms. The molecule has 0 atom stereocenters. The van der Waals surface area contributed by atoms with E-state index in [1.807, 2.05) is 0 Å². The first-order valence-corrected chi connectivity index (χ1v) is 3.41. The Balaban J connectivity index is 0. The molecule has 0 bridgehead atoms. The first-order chi connectivity index (χ1) is 5.54. The van der Waals surface area contributed by atoms with Crippen molar-refractivity contribution in [2.45, 2.75) is 13.8 Å². The highest BCUT2D eigenvalue weighted by atomic mass is 16.5. The summed E-state index contributed by atoms with van der Waals surface area (Å²) in [4.78, 5) is 19.6. The molecule has 0 aromatic rings. The van der Waals surface area contributed by atoms with E-state index in [2.05, 4.69) is 11.3 Å². The zero-order chi connectivity index (χ0) is 9.98. The number of aliphatic hydroxyl groups is 1. The molecule has 0 aliphatic rings. The number of ether oxygens (including phenoxy) is 1. The quantitative estimate of drug-likeness (QED) is 0.494. The van der Waals surface area contributed by atoms with E-state index in [1.54, 1.807) is 0 Å². The largest absolute Gasteiger partial charge is 0.460 e. The molecule has 0 aliphatic carbocycles. The van der Waals surface area contributed by atoms with Crippen LogP contribution in [-0.4, -0.2) is 30.1 Å². The summed E-state index contributed by atoms with van der Waals surface area (Å²) in [6.45, 7) is 6.12. The lowest BCUT2D eigenvalue weighted by Gasteiger charge is -1.94. The third-order valence-electron chi connectivity index (χ3n) is 0.502. The van der Waals surface area contributed by atoms with Gasteiger partial charge in [-0.3, -0.25) is 0 Å². The van der Waals surface area contributed by atoms with Crippen molar-refractivity contribution in [1.29, 1.82) is 0 Å². The van der Waals surface area contributed by atoms with Crippen molar-refractivity contribution in [2.24, 2.45) is 0 Å². The van der Waals surface area contributed by atoms with Gasteiger partial charge in [0.25, 0.3) is 0 Å². The van der Waals surface area contributed by atoms with Gasteiger partial charge in [-0.1, -0.05) is 6.58 Å². The summed E-state index contributed by atoms with van der Waals surface area (Å²) in [6, 6.07) is 0. The molecule has 4 heteroatoms. The average Bonchev–Trinajstić information content (AvgIpc) is 1.99. The van der Waals surface area contributed by atoms with Gasteiger partial charge in [-0.2, -0.15) is 0 Å². The summed E-state index contributed by atoms with van der Waals surface area (Å²) in [5.74, 6) is -0.334. The molecule has 0 heterocycles. The summed E-state index contributed by atoms with van der Waals surface area (Å²) in [6.07, 6.45) is 1.05. The van der Waals surface area contributed by atoms with E-state index in [0.29, 0.717) is 0 Å². The predicted molar refractivity (Wildman–Crippen MR) is 44.6 cm³/mol. The third-order valence-corrected chi connectivity index (χ3v) is 0.502. The van der Waals surface area contributed by atoms with Crippen LogP contribution >= 0.6 is 0 Å². The van der Waals surface area contributed by atoms with E-state index >= 15 is 0 Å². The second-order valence-electron chi connectivity index (χ2n) is 2.00. The maximum absolute atomic E-state index is 10.1. The normalized spacial score (nSPS) is 7.58. The summed E-state index contributed by atoms with van der Waals surface area (Å²) in [5, 5.41) is 8.10. The highest BCUT2D eigenvalue weighted by molar-refractivity contribution is 5.81. The van der Waals surface area contributed by atoms with Crippen molar-refractivity contribution in [3.8, 4) is 0 Å². The number of ketones is 1. The monoisotopic (exact) mass is 174 g/mol. The number of aliphatic hydroxyl groups excluding tert-OH is 1. The zero-order valence-corrected chi connectivity index (χ0v) is 7.37. The standard InChI is InChI=1S/C5H8O3.C3H6O/c1-2-5(7)8-4-3-6;1-3(2)4/h2,6H,1,3-4H2;1-2H3. The predicted octanol–water partition coefficient (Wildman–Crippen LogP) is 0.303. The van der Waals surface area contributed by atoms with Crippen molar-refractivity contribution < 1.29 is 19.4 Å². The van der Waals surface area contributed by atoms with Gasteiger partial charge in [-0.05, 0) is 13.8 Å². The van der Waals surface area contributed by atoms with Gasteiger partial charge in [-0.15, -0.1) is 0 Å². The van der Waals surface area contributed by atoms with E-state index in [-0.39, 0.29) is 19.0 Å². The summed E-state index contributed by atoms with van der Waals surface area (Å²) >= 11 is 0. The van der Waals surface area contributed by atoms with E-state index < -0.39 is 5.97 Å². The van der Waals surface area contributed by atoms with Crippen molar-refractivity contribution in [2.75, 3.05) is 13.2 Å². The Morgan fingerprint density at radius 3 is 2.17 bits per heavy atom. The molecule has 0 saturated heterocycles. The summed E-state index contributed by atoms with van der Waals surface area (Å²) in [7, 11) is 0. The van der Waals surface area contributed by atoms with E-state index in [0.717, 1.165) is 6.08 Å². The Bertz CT molecular complexity index is 147. The fourth-order valence-corrected chi connectivity index (χ4v) is 0.205. The van der Waals surface area contributed by atoms with Crippen LogP contribution in [0.15, 0.2) is 12.7 Å². The minimum absolute atomic E-state index is 0.0465. The lowest BCUT2D eigenvalue weighted by atomic mass is 10.6. The van der Waals surface area contributed by atoms with Gasteiger partial charge < -0.3 is 14.6 Å². The number of hydrogen-bond acceptors (Lipinski definition) is 4. The van der Waals surface area contributed by atoms with Crippen LogP contribution in [0.1, 0.15) is 13.8 Å². The SMILES string of the molecule is C=CC(=O)OCCO.CC(C)=O. The van der Waals surface area contributed by atoms with Gasteiger partial charge in [-0.25, -0.2) is 4.79 Å². The van der Waals surface area contributed by atoms with E-state index in [9.17, 15) is 9.59 Å². The number of esters is 1. The molecular weight excluding hydrogens is 160 g/mol. The second-order valence-corrected chi connectivity index (χ2v) is 2.00. The highest BCUT2D eigenvalue weighted by Gasteiger charge is 1.90. The Labute approximate surface area is 71.8 Å². The summed E-state index contributed by atoms with van der Waals surface area (Å²) < 4.78 is 4.33. The minimum atomic E-state index is -0.501. The van der Waals surface area contributed by atoms with Crippen molar-refractivity contribution in [3.05, 3.63) is 12.7 Å². The Hall–Kier alpha value is -1.16. The molecule has 0 amide bonds.